The zero-order valence-corrected chi connectivity index (χ0v) is 23.8. The molecule has 0 saturated carbocycles. The second kappa shape index (κ2) is 15.2. The molecule has 0 fully saturated rings. The van der Waals surface area contributed by atoms with E-state index in [0.717, 1.165) is 12.8 Å². The quantitative estimate of drug-likeness (QED) is 0.178. The van der Waals surface area contributed by atoms with Gasteiger partial charge in [-0.3, -0.25) is 9.59 Å². The monoisotopic (exact) mass is 560 g/mol. The predicted octanol–water partition coefficient (Wildman–Crippen LogP) is 2.20. The lowest BCUT2D eigenvalue weighted by Crippen LogP contribution is -2.56. The summed E-state index contributed by atoms with van der Waals surface area (Å²) in [5.41, 5.74) is 1.52. The topological polar surface area (TPSA) is 138 Å². The summed E-state index contributed by atoms with van der Waals surface area (Å²) in [6.45, 7) is 7.97. The highest BCUT2D eigenvalue weighted by Crippen LogP contribution is 2.51. The normalized spacial score (nSPS) is 21.2. The van der Waals surface area contributed by atoms with Crippen molar-refractivity contribution in [2.24, 2.45) is 0 Å². The molecule has 4 unspecified atom stereocenters. The number of hydrogen-bond donors (Lipinski definition) is 4. The molecule has 4 atom stereocenters. The Balaban J connectivity index is 2.01. The number of aliphatic hydroxyl groups excluding tert-OH is 3. The fourth-order valence-corrected chi connectivity index (χ4v) is 5.32. The van der Waals surface area contributed by atoms with Gasteiger partial charge >= 0.3 is 0 Å². The number of carbonyl (C=O) groups is 2. The van der Waals surface area contributed by atoms with Crippen molar-refractivity contribution in [3.63, 3.8) is 0 Å². The zero-order valence-electron chi connectivity index (χ0n) is 23.8. The highest BCUT2D eigenvalue weighted by Gasteiger charge is 2.51. The zero-order chi connectivity index (χ0) is 29.2. The Hall–Kier alpha value is -2.92. The van der Waals surface area contributed by atoms with Crippen molar-refractivity contribution >= 4 is 11.8 Å². The Bertz CT molecular complexity index is 1060. The van der Waals surface area contributed by atoms with Gasteiger partial charge in [0.25, 0.3) is 0 Å². The van der Waals surface area contributed by atoms with Gasteiger partial charge in [0.1, 0.15) is 12.2 Å². The van der Waals surface area contributed by atoms with Crippen molar-refractivity contribution < 1.29 is 39.1 Å². The Morgan fingerprint density at radius 2 is 2.00 bits per heavy atom. The van der Waals surface area contributed by atoms with Crippen LogP contribution in [0.4, 0.5) is 0 Å². The van der Waals surface area contributed by atoms with E-state index in [-0.39, 0.29) is 31.8 Å². The number of benzene rings is 1. The Morgan fingerprint density at radius 3 is 2.65 bits per heavy atom. The molecule has 1 aliphatic heterocycles. The molecule has 2 amide bonds. The fraction of sp³-hybridized carbons (Fsp3) is 0.600. The highest BCUT2D eigenvalue weighted by molar-refractivity contribution is 5.96. The first-order valence-electron chi connectivity index (χ1n) is 14.1. The summed E-state index contributed by atoms with van der Waals surface area (Å²) in [4.78, 5) is 28.5. The van der Waals surface area contributed by atoms with Crippen LogP contribution in [0.1, 0.15) is 63.0 Å². The van der Waals surface area contributed by atoms with E-state index in [1.54, 1.807) is 23.1 Å². The summed E-state index contributed by atoms with van der Waals surface area (Å²) < 4.78 is 17.5. The number of unbranched alkanes of at least 4 members (excludes halogenated alkanes) is 2. The van der Waals surface area contributed by atoms with Crippen LogP contribution in [-0.4, -0.2) is 89.8 Å². The maximum Gasteiger partial charge on any atom is 0.247 e. The van der Waals surface area contributed by atoms with Crippen LogP contribution in [0.25, 0.3) is 0 Å². The fourth-order valence-electron chi connectivity index (χ4n) is 5.32. The first kappa shape index (κ1) is 31.6. The van der Waals surface area contributed by atoms with E-state index in [2.05, 4.69) is 11.9 Å². The maximum atomic E-state index is 13.5. The third-order valence-electron chi connectivity index (χ3n) is 7.22. The van der Waals surface area contributed by atoms with Crippen LogP contribution in [0.15, 0.2) is 36.4 Å². The van der Waals surface area contributed by atoms with E-state index >= 15 is 0 Å². The molecule has 3 rings (SSSR count). The molecule has 0 radical (unpaired) electrons. The van der Waals surface area contributed by atoms with Gasteiger partial charge in [0.15, 0.2) is 11.5 Å². The lowest BCUT2D eigenvalue weighted by atomic mass is 9.77. The van der Waals surface area contributed by atoms with Gasteiger partial charge in [-0.15, -0.1) is 6.58 Å². The number of aliphatic hydroxyl groups is 3. The van der Waals surface area contributed by atoms with Crippen LogP contribution in [-0.2, 0) is 20.9 Å². The average Bonchev–Trinajstić information content (AvgIpc) is 3.34. The van der Waals surface area contributed by atoms with Gasteiger partial charge in [0, 0.05) is 37.3 Å². The van der Waals surface area contributed by atoms with E-state index in [0.29, 0.717) is 60.6 Å². The summed E-state index contributed by atoms with van der Waals surface area (Å²) in [5.74, 6) is -0.432. The molecule has 10 heteroatoms. The Morgan fingerprint density at radius 1 is 1.23 bits per heavy atom. The first-order valence-corrected chi connectivity index (χ1v) is 14.1. The number of methoxy groups -OCH3 is 1. The van der Waals surface area contributed by atoms with Crippen LogP contribution in [0.5, 0.6) is 11.5 Å². The Labute approximate surface area is 236 Å². The highest BCUT2D eigenvalue weighted by atomic mass is 16.5. The lowest BCUT2D eigenvalue weighted by Gasteiger charge is -2.41. The van der Waals surface area contributed by atoms with Gasteiger partial charge in [-0.1, -0.05) is 6.08 Å². The van der Waals surface area contributed by atoms with Crippen LogP contribution in [0, 0.1) is 0 Å². The third kappa shape index (κ3) is 7.42. The van der Waals surface area contributed by atoms with Crippen molar-refractivity contribution in [2.45, 2.75) is 82.8 Å². The van der Waals surface area contributed by atoms with E-state index in [9.17, 15) is 24.9 Å². The van der Waals surface area contributed by atoms with Gasteiger partial charge in [0.05, 0.1) is 38.4 Å². The number of fused-ring (bicyclic) bond motifs is 3. The number of amides is 2. The minimum Gasteiger partial charge on any atom is -0.493 e. The average molecular weight is 561 g/mol. The molecule has 0 aromatic heterocycles. The SMILES string of the molecule is C=CCCCCC(=O)N(CCCOC(C)C)C1C=C(C(=O)NCCO)C2c3cc(CO)cc(OC)c3OC2C1O. The number of carbonyl (C=O) groups excluding carboxylic acids is 2. The van der Waals surface area contributed by atoms with Crippen LogP contribution in [0.2, 0.25) is 0 Å². The maximum absolute atomic E-state index is 13.5. The minimum absolute atomic E-state index is 0.0486. The Kier molecular flexibility index (Phi) is 12.0. The van der Waals surface area contributed by atoms with Crippen molar-refractivity contribution in [1.29, 1.82) is 0 Å². The van der Waals surface area contributed by atoms with E-state index < -0.39 is 30.1 Å². The molecule has 1 aromatic carbocycles. The molecule has 4 N–H and O–H groups in total. The molecule has 0 spiro atoms. The molecule has 40 heavy (non-hydrogen) atoms. The molecule has 0 bridgehead atoms. The van der Waals surface area contributed by atoms with Crippen LogP contribution < -0.4 is 14.8 Å². The number of allylic oxidation sites excluding steroid dienone is 1. The molecule has 10 nitrogen and oxygen atoms in total. The van der Waals surface area contributed by atoms with Gasteiger partial charge in [0.2, 0.25) is 11.8 Å². The van der Waals surface area contributed by atoms with Gasteiger partial charge in [-0.2, -0.15) is 0 Å². The van der Waals surface area contributed by atoms with Crippen LogP contribution >= 0.6 is 0 Å². The third-order valence-corrected chi connectivity index (χ3v) is 7.22. The summed E-state index contributed by atoms with van der Waals surface area (Å²) in [6.07, 6.45) is 4.68. The van der Waals surface area contributed by atoms with Gasteiger partial charge in [-0.25, -0.2) is 0 Å². The molecule has 1 aliphatic carbocycles. The lowest BCUT2D eigenvalue weighted by molar-refractivity contribution is -0.137. The van der Waals surface area contributed by atoms with E-state index in [4.69, 9.17) is 14.2 Å². The number of ether oxygens (including phenoxy) is 3. The standard InChI is InChI=1S/C30H44N2O8/c1-5-6-7-8-10-25(35)32(12-9-14-39-19(2)3)23-17-22(30(37)31-11-13-33)26-21-15-20(18-34)16-24(38-4)28(21)40-29(26)27(23)36/h5,15-17,19,23,26-27,29,33-34,36H,1,6-14,18H2,2-4H3,(H,31,37). The van der Waals surface area contributed by atoms with E-state index in [1.165, 1.54) is 7.11 Å². The molecular weight excluding hydrogens is 516 g/mol. The first-order chi connectivity index (χ1) is 19.3. The van der Waals surface area contributed by atoms with Crippen molar-refractivity contribution in [1.82, 2.24) is 10.2 Å². The van der Waals surface area contributed by atoms with Crippen LogP contribution in [0.3, 0.4) is 0 Å². The molecular formula is C30H44N2O8. The predicted molar refractivity (Wildman–Crippen MR) is 150 cm³/mol. The number of rotatable bonds is 16. The smallest absolute Gasteiger partial charge is 0.247 e. The summed E-state index contributed by atoms with van der Waals surface area (Å²) in [6, 6.07) is 2.58. The molecule has 0 saturated heterocycles. The molecule has 1 aromatic rings. The van der Waals surface area contributed by atoms with Gasteiger partial charge in [-0.05, 0) is 63.3 Å². The second-order valence-corrected chi connectivity index (χ2v) is 10.4. The minimum atomic E-state index is -1.14. The molecule has 1 heterocycles. The number of hydrogen-bond acceptors (Lipinski definition) is 8. The van der Waals surface area contributed by atoms with Crippen molar-refractivity contribution in [3.05, 3.63) is 47.6 Å². The van der Waals surface area contributed by atoms with E-state index in [1.807, 2.05) is 19.9 Å². The summed E-state index contributed by atoms with van der Waals surface area (Å²) in [7, 11) is 1.48. The second-order valence-electron chi connectivity index (χ2n) is 10.4. The number of nitrogens with one attached hydrogen (secondary N) is 1. The van der Waals surface area contributed by atoms with Gasteiger partial charge < -0.3 is 39.7 Å². The van der Waals surface area contributed by atoms with Crippen molar-refractivity contribution in [3.8, 4) is 11.5 Å². The number of nitrogens with zero attached hydrogens (tertiary/aromatic N) is 1. The molecule has 222 valence electrons. The largest absolute Gasteiger partial charge is 0.493 e. The summed E-state index contributed by atoms with van der Waals surface area (Å²) in [5, 5.41) is 33.5. The molecule has 2 aliphatic rings. The summed E-state index contributed by atoms with van der Waals surface area (Å²) >= 11 is 0. The van der Waals surface area contributed by atoms with Crippen molar-refractivity contribution in [2.75, 3.05) is 33.4 Å².